The molecule has 3 amide bonds. The molecule has 0 radical (unpaired) electrons. The topological polar surface area (TPSA) is 90.5 Å². The van der Waals surface area contributed by atoms with Crippen molar-refractivity contribution < 1.29 is 14.4 Å². The molecule has 0 saturated carbocycles. The van der Waals surface area contributed by atoms with Crippen LogP contribution in [-0.4, -0.2) is 34.9 Å². The number of nitrogens with one attached hydrogen (secondary N) is 3. The van der Waals surface area contributed by atoms with Crippen molar-refractivity contribution in [3.63, 3.8) is 0 Å². The Balaban J connectivity index is 1.92. The van der Waals surface area contributed by atoms with Gasteiger partial charge in [-0.1, -0.05) is 23.7 Å². The molecule has 2 aliphatic rings. The molecule has 22 heavy (non-hydrogen) atoms. The number of hydrogen-bond donors (Lipinski definition) is 3. The van der Waals surface area contributed by atoms with Gasteiger partial charge in [-0.15, -0.1) is 0 Å². The van der Waals surface area contributed by atoms with E-state index in [1.807, 2.05) is 0 Å². The van der Waals surface area contributed by atoms with Crippen LogP contribution in [0, 0.1) is 0 Å². The van der Waals surface area contributed by atoms with E-state index in [0.29, 0.717) is 10.7 Å². The first kappa shape index (κ1) is 14.4. The Hall–Kier alpha value is -2.54. The van der Waals surface area contributed by atoms with Crippen LogP contribution < -0.4 is 16.1 Å². The monoisotopic (exact) mass is 320 g/mol. The fraction of sp³-hybridized carbons (Fsp3) is 0.214. The maximum atomic E-state index is 12.2. The lowest BCUT2D eigenvalue weighted by atomic mass is 10.1. The zero-order valence-corrected chi connectivity index (χ0v) is 12.3. The van der Waals surface area contributed by atoms with Crippen molar-refractivity contribution in [1.82, 2.24) is 21.1 Å². The van der Waals surface area contributed by atoms with Gasteiger partial charge in [0, 0.05) is 23.7 Å². The summed E-state index contributed by atoms with van der Waals surface area (Å²) in [6.45, 7) is 1.31. The van der Waals surface area contributed by atoms with Crippen molar-refractivity contribution in [2.45, 2.75) is 19.1 Å². The van der Waals surface area contributed by atoms with Gasteiger partial charge in [0.1, 0.15) is 0 Å². The lowest BCUT2D eigenvalue weighted by Crippen LogP contribution is -2.57. The number of carbonyl (C=O) groups is 3. The minimum absolute atomic E-state index is 0.352. The molecule has 2 unspecified atom stereocenters. The summed E-state index contributed by atoms with van der Waals surface area (Å²) in [5, 5.41) is 7.32. The van der Waals surface area contributed by atoms with E-state index in [1.54, 1.807) is 24.3 Å². The van der Waals surface area contributed by atoms with Crippen molar-refractivity contribution in [2.75, 3.05) is 0 Å². The molecule has 7 nitrogen and oxygen atoms in total. The van der Waals surface area contributed by atoms with Gasteiger partial charge in [0.15, 0.2) is 12.2 Å². The summed E-state index contributed by atoms with van der Waals surface area (Å²) in [5.41, 5.74) is 3.71. The molecule has 8 heteroatoms. The number of hydrazine groups is 1. The third-order valence-corrected chi connectivity index (χ3v) is 3.65. The Morgan fingerprint density at radius 2 is 2.14 bits per heavy atom. The van der Waals surface area contributed by atoms with Crippen LogP contribution in [0.3, 0.4) is 0 Å². The van der Waals surface area contributed by atoms with Gasteiger partial charge >= 0.3 is 0 Å². The summed E-state index contributed by atoms with van der Waals surface area (Å²) in [4.78, 5) is 35.3. The Bertz CT molecular complexity index is 703. The molecule has 2 atom stereocenters. The molecule has 3 N–H and O–H groups in total. The van der Waals surface area contributed by atoms with E-state index >= 15 is 0 Å². The summed E-state index contributed by atoms with van der Waals surface area (Å²) in [7, 11) is 0. The molecular formula is C14H13ClN4O3. The quantitative estimate of drug-likeness (QED) is 0.715. The summed E-state index contributed by atoms with van der Waals surface area (Å²) >= 11 is 5.96. The Labute approximate surface area is 131 Å². The van der Waals surface area contributed by atoms with Crippen LogP contribution in [0.25, 0.3) is 5.70 Å². The average Bonchev–Trinajstić information content (AvgIpc) is 2.76. The van der Waals surface area contributed by atoms with E-state index in [2.05, 4.69) is 16.1 Å². The van der Waals surface area contributed by atoms with Crippen LogP contribution in [0.1, 0.15) is 12.5 Å². The fourth-order valence-corrected chi connectivity index (χ4v) is 2.66. The molecule has 2 aliphatic heterocycles. The van der Waals surface area contributed by atoms with Crippen molar-refractivity contribution in [3.8, 4) is 0 Å². The Kier molecular flexibility index (Phi) is 3.50. The number of amides is 3. The summed E-state index contributed by atoms with van der Waals surface area (Å²) in [6, 6.07) is 6.14. The van der Waals surface area contributed by atoms with Crippen LogP contribution in [0.4, 0.5) is 0 Å². The highest BCUT2D eigenvalue weighted by molar-refractivity contribution is 6.30. The van der Waals surface area contributed by atoms with Crippen molar-refractivity contribution >= 4 is 35.0 Å². The van der Waals surface area contributed by atoms with Crippen LogP contribution in [0.2, 0.25) is 5.02 Å². The first-order valence-corrected chi connectivity index (χ1v) is 6.98. The minimum Gasteiger partial charge on any atom is -0.361 e. The van der Waals surface area contributed by atoms with Gasteiger partial charge in [-0.05, 0) is 17.7 Å². The molecule has 0 spiro atoms. The van der Waals surface area contributed by atoms with E-state index in [9.17, 15) is 14.4 Å². The van der Waals surface area contributed by atoms with Gasteiger partial charge in [-0.2, -0.15) is 0 Å². The minimum atomic E-state index is -0.857. The smallest absolute Gasteiger partial charge is 0.269 e. The predicted molar refractivity (Wildman–Crippen MR) is 78.9 cm³/mol. The van der Waals surface area contributed by atoms with Gasteiger partial charge in [-0.25, -0.2) is 5.01 Å². The maximum Gasteiger partial charge on any atom is 0.269 e. The normalized spacial score (nSPS) is 23.4. The highest BCUT2D eigenvalue weighted by Crippen LogP contribution is 2.23. The highest BCUT2D eigenvalue weighted by Gasteiger charge is 2.46. The van der Waals surface area contributed by atoms with Crippen LogP contribution in [-0.2, 0) is 14.4 Å². The van der Waals surface area contributed by atoms with Gasteiger partial charge in [-0.3, -0.25) is 19.8 Å². The van der Waals surface area contributed by atoms with Gasteiger partial charge in [0.05, 0.1) is 0 Å². The fourth-order valence-electron chi connectivity index (χ4n) is 2.47. The number of hydrogen-bond acceptors (Lipinski definition) is 4. The molecule has 0 aromatic heterocycles. The zero-order valence-electron chi connectivity index (χ0n) is 11.6. The van der Waals surface area contributed by atoms with Gasteiger partial charge < -0.3 is 10.6 Å². The second-order valence-electron chi connectivity index (χ2n) is 5.02. The first-order chi connectivity index (χ1) is 10.5. The molecule has 1 fully saturated rings. The molecular weight excluding hydrogens is 308 g/mol. The Morgan fingerprint density at radius 3 is 2.82 bits per heavy atom. The molecule has 1 aromatic rings. The first-order valence-electron chi connectivity index (χ1n) is 6.60. The highest BCUT2D eigenvalue weighted by atomic mass is 35.5. The molecule has 0 bridgehead atoms. The molecule has 2 heterocycles. The molecule has 1 aromatic carbocycles. The maximum absolute atomic E-state index is 12.2. The zero-order chi connectivity index (χ0) is 15.9. The van der Waals surface area contributed by atoms with Crippen molar-refractivity contribution in [2.24, 2.45) is 0 Å². The van der Waals surface area contributed by atoms with E-state index in [1.165, 1.54) is 13.0 Å². The number of rotatable bonds is 2. The number of halogens is 1. The second kappa shape index (κ2) is 5.34. The van der Waals surface area contributed by atoms with Gasteiger partial charge in [0.2, 0.25) is 5.91 Å². The molecule has 114 valence electrons. The lowest BCUT2D eigenvalue weighted by molar-refractivity contribution is -0.134. The third kappa shape index (κ3) is 2.50. The largest absolute Gasteiger partial charge is 0.361 e. The van der Waals surface area contributed by atoms with Crippen molar-refractivity contribution in [1.29, 1.82) is 0 Å². The number of carbonyl (C=O) groups excluding carboxylic acids is 3. The summed E-state index contributed by atoms with van der Waals surface area (Å²) in [6.07, 6.45) is 0.682. The van der Waals surface area contributed by atoms with E-state index in [-0.39, 0.29) is 11.8 Å². The predicted octanol–water partition coefficient (Wildman–Crippen LogP) is -0.0117. The average molecular weight is 321 g/mol. The molecule has 1 saturated heterocycles. The molecule has 0 aliphatic carbocycles. The van der Waals surface area contributed by atoms with E-state index in [4.69, 9.17) is 11.6 Å². The second-order valence-corrected chi connectivity index (χ2v) is 5.46. The van der Waals surface area contributed by atoms with Crippen LogP contribution in [0.15, 0.2) is 30.3 Å². The van der Waals surface area contributed by atoms with Crippen molar-refractivity contribution in [3.05, 3.63) is 40.9 Å². The van der Waals surface area contributed by atoms with E-state index in [0.717, 1.165) is 10.6 Å². The lowest BCUT2D eigenvalue weighted by Gasteiger charge is -2.31. The SMILES string of the molecule is CC(=O)NC1C(=O)NN2C(=O)C=C(c3cccc(Cl)c3)NC12. The standard InChI is InChI=1S/C14H13ClN4O3/c1-7(20)16-12-13-17-10(8-3-2-4-9(15)5-8)6-11(21)19(13)18-14(12)22/h2-6,12-13,17H,1H3,(H,16,20)(H,18,22). The van der Waals surface area contributed by atoms with Crippen LogP contribution in [0.5, 0.6) is 0 Å². The Morgan fingerprint density at radius 1 is 1.36 bits per heavy atom. The third-order valence-electron chi connectivity index (χ3n) is 3.41. The van der Waals surface area contributed by atoms with Crippen LogP contribution >= 0.6 is 11.6 Å². The van der Waals surface area contributed by atoms with Gasteiger partial charge in [0.25, 0.3) is 11.8 Å². The van der Waals surface area contributed by atoms with E-state index < -0.39 is 18.1 Å². The number of nitrogens with zero attached hydrogens (tertiary/aromatic N) is 1. The number of fused-ring (bicyclic) bond motifs is 1. The summed E-state index contributed by atoms with van der Waals surface area (Å²) < 4.78 is 0. The molecule has 3 rings (SSSR count). The number of benzene rings is 1. The summed E-state index contributed by atoms with van der Waals surface area (Å²) in [5.74, 6) is -1.17.